The molecule has 0 unspecified atom stereocenters. The van der Waals surface area contributed by atoms with Crippen LogP contribution < -0.4 is 0 Å². The summed E-state index contributed by atoms with van der Waals surface area (Å²) in [5, 5.41) is 0. The van der Waals surface area contributed by atoms with Crippen molar-refractivity contribution in [1.82, 2.24) is 9.80 Å². The molecule has 0 aromatic heterocycles. The highest BCUT2D eigenvalue weighted by Crippen LogP contribution is 2.23. The van der Waals surface area contributed by atoms with Gasteiger partial charge in [-0.3, -0.25) is 14.5 Å². The van der Waals surface area contributed by atoms with Gasteiger partial charge in [0.05, 0.1) is 22.9 Å². The molecule has 1 aliphatic rings. The van der Waals surface area contributed by atoms with Gasteiger partial charge in [-0.05, 0) is 68.5 Å². The molecule has 31 heavy (non-hydrogen) atoms. The molecule has 0 fully saturated rings. The van der Waals surface area contributed by atoms with E-state index in [9.17, 15) is 14.4 Å². The molecule has 1 amide bonds. The van der Waals surface area contributed by atoms with Crippen LogP contribution in [0.5, 0.6) is 0 Å². The molecule has 1 rings (SSSR count). The fraction of sp³-hybridized carbons (Fsp3) is 0.783. The zero-order valence-corrected chi connectivity index (χ0v) is 20.4. The van der Waals surface area contributed by atoms with Gasteiger partial charge in [-0.25, -0.2) is 4.79 Å². The summed E-state index contributed by atoms with van der Waals surface area (Å²) in [4.78, 5) is 41.1. The van der Waals surface area contributed by atoms with Crippen LogP contribution in [-0.4, -0.2) is 80.4 Å². The number of carbonyl (C=O) groups excluding carboxylic acids is 3. The number of esters is 2. The van der Waals surface area contributed by atoms with Crippen molar-refractivity contribution in [2.45, 2.75) is 66.5 Å². The summed E-state index contributed by atoms with van der Waals surface area (Å²) in [5.74, 6) is -0.672. The minimum Gasteiger partial charge on any atom is -0.463 e. The summed E-state index contributed by atoms with van der Waals surface area (Å²) < 4.78 is 16.5. The van der Waals surface area contributed by atoms with Crippen molar-refractivity contribution in [2.75, 3.05) is 40.5 Å². The van der Waals surface area contributed by atoms with Crippen LogP contribution in [0.2, 0.25) is 0 Å². The molecule has 0 aromatic carbocycles. The maximum Gasteiger partial charge on any atom is 0.410 e. The smallest absolute Gasteiger partial charge is 0.410 e. The van der Waals surface area contributed by atoms with E-state index in [2.05, 4.69) is 0 Å². The number of likely N-dealkylation sites (N-methyl/N-ethyl adjacent to an activating group) is 1. The van der Waals surface area contributed by atoms with Gasteiger partial charge in [0, 0.05) is 6.54 Å². The summed E-state index contributed by atoms with van der Waals surface area (Å²) in [6.07, 6.45) is 4.45. The number of hydrogen-bond donors (Lipinski definition) is 0. The van der Waals surface area contributed by atoms with Crippen molar-refractivity contribution in [2.24, 2.45) is 10.8 Å². The molecular weight excluding hydrogens is 400 g/mol. The first-order valence-corrected chi connectivity index (χ1v) is 10.8. The lowest BCUT2D eigenvalue weighted by Gasteiger charge is -2.35. The second kappa shape index (κ2) is 11.5. The number of carbonyl (C=O) groups is 3. The maximum absolute atomic E-state index is 13.0. The van der Waals surface area contributed by atoms with E-state index >= 15 is 0 Å². The Hall–Kier alpha value is -2.09. The topological polar surface area (TPSA) is 85.4 Å². The van der Waals surface area contributed by atoms with Crippen molar-refractivity contribution >= 4 is 18.0 Å². The maximum atomic E-state index is 13.0. The molecule has 8 heteroatoms. The predicted octanol–water partition coefficient (Wildman–Crippen LogP) is 3.25. The van der Waals surface area contributed by atoms with Gasteiger partial charge in [-0.1, -0.05) is 12.2 Å². The van der Waals surface area contributed by atoms with Crippen LogP contribution in [0.15, 0.2) is 12.2 Å². The van der Waals surface area contributed by atoms with Gasteiger partial charge in [-0.15, -0.1) is 0 Å². The predicted molar refractivity (Wildman–Crippen MR) is 119 cm³/mol. The second-order valence-electron chi connectivity index (χ2n) is 10.3. The van der Waals surface area contributed by atoms with Crippen molar-refractivity contribution in [3.8, 4) is 0 Å². The number of rotatable bonds is 7. The van der Waals surface area contributed by atoms with E-state index in [1.165, 1.54) is 0 Å². The van der Waals surface area contributed by atoms with Gasteiger partial charge in [0.25, 0.3) is 0 Å². The first kappa shape index (κ1) is 26.9. The molecule has 2 atom stereocenters. The van der Waals surface area contributed by atoms with Crippen LogP contribution in [0.3, 0.4) is 0 Å². The normalized spacial score (nSPS) is 19.7. The zero-order valence-electron chi connectivity index (χ0n) is 20.4. The molecular formula is C23H40N2O6. The quantitative estimate of drug-likeness (QED) is 0.341. The third-order valence-electron chi connectivity index (χ3n) is 4.78. The van der Waals surface area contributed by atoms with Crippen molar-refractivity contribution < 1.29 is 28.6 Å². The monoisotopic (exact) mass is 440 g/mol. The number of ether oxygens (including phenoxy) is 3. The minimum absolute atomic E-state index is 0.0486. The van der Waals surface area contributed by atoms with Crippen molar-refractivity contribution in [3.05, 3.63) is 12.2 Å². The van der Waals surface area contributed by atoms with E-state index in [1.807, 2.05) is 31.1 Å². The highest BCUT2D eigenvalue weighted by atomic mass is 16.6. The number of amides is 1. The van der Waals surface area contributed by atoms with Crippen LogP contribution in [0, 0.1) is 10.8 Å². The fourth-order valence-corrected chi connectivity index (χ4v) is 2.79. The third-order valence-corrected chi connectivity index (χ3v) is 4.78. The van der Waals surface area contributed by atoms with E-state index in [4.69, 9.17) is 14.2 Å². The molecule has 0 aliphatic carbocycles. The van der Waals surface area contributed by atoms with Crippen LogP contribution in [0.25, 0.3) is 0 Å². The highest BCUT2D eigenvalue weighted by Gasteiger charge is 2.36. The first-order chi connectivity index (χ1) is 14.2. The standard InChI is InChI=1S/C23H40N2O6/c1-22(2,3)19(26)30-15-17-11-9-10-12-18(16-31-20(27)23(4,5)6)25(17)21(28)29-14-13-24(7)8/h9-10,17-18H,11-16H2,1-8H3/t17-,18-/m0/s1. The van der Waals surface area contributed by atoms with E-state index in [0.29, 0.717) is 19.4 Å². The lowest BCUT2D eigenvalue weighted by molar-refractivity contribution is -0.156. The van der Waals surface area contributed by atoms with Crippen LogP contribution in [0.4, 0.5) is 4.79 Å². The molecule has 0 aromatic rings. The molecule has 0 bridgehead atoms. The van der Waals surface area contributed by atoms with Gasteiger partial charge in [0.15, 0.2) is 0 Å². The molecule has 1 aliphatic heterocycles. The molecule has 1 heterocycles. The lowest BCUT2D eigenvalue weighted by Crippen LogP contribution is -2.51. The molecule has 0 radical (unpaired) electrons. The van der Waals surface area contributed by atoms with Gasteiger partial charge in [0.2, 0.25) is 0 Å². The number of hydrogen-bond acceptors (Lipinski definition) is 7. The molecule has 0 saturated carbocycles. The Bertz CT molecular complexity index is 603. The van der Waals surface area contributed by atoms with E-state index in [1.54, 1.807) is 46.4 Å². The largest absolute Gasteiger partial charge is 0.463 e. The van der Waals surface area contributed by atoms with Gasteiger partial charge in [-0.2, -0.15) is 0 Å². The summed E-state index contributed by atoms with van der Waals surface area (Å²) in [7, 11) is 3.79. The summed E-state index contributed by atoms with van der Waals surface area (Å²) in [6.45, 7) is 11.6. The molecule has 8 nitrogen and oxygen atoms in total. The SMILES string of the molecule is CN(C)CCOC(=O)N1[C@H](COC(=O)C(C)(C)C)CC=CC[C@H]1COC(=O)C(C)(C)C. The Morgan fingerprint density at radius 1 is 0.839 bits per heavy atom. The van der Waals surface area contributed by atoms with Crippen LogP contribution in [-0.2, 0) is 23.8 Å². The Morgan fingerprint density at radius 3 is 1.61 bits per heavy atom. The van der Waals surface area contributed by atoms with E-state index in [0.717, 1.165) is 0 Å². The van der Waals surface area contributed by atoms with E-state index < -0.39 is 29.0 Å². The average Bonchev–Trinajstić information content (AvgIpc) is 2.84. The van der Waals surface area contributed by atoms with Crippen molar-refractivity contribution in [1.29, 1.82) is 0 Å². The van der Waals surface area contributed by atoms with Crippen molar-refractivity contribution in [3.63, 3.8) is 0 Å². The second-order valence-corrected chi connectivity index (χ2v) is 10.3. The van der Waals surface area contributed by atoms with Crippen LogP contribution in [0.1, 0.15) is 54.4 Å². The minimum atomic E-state index is -0.640. The average molecular weight is 441 g/mol. The summed E-state index contributed by atoms with van der Waals surface area (Å²) in [5.41, 5.74) is -1.28. The summed E-state index contributed by atoms with van der Waals surface area (Å²) in [6, 6.07) is -0.814. The molecule has 0 N–H and O–H groups in total. The molecule has 0 spiro atoms. The van der Waals surface area contributed by atoms with Gasteiger partial charge < -0.3 is 19.1 Å². The Kier molecular flexibility index (Phi) is 10.0. The Morgan fingerprint density at radius 2 is 1.26 bits per heavy atom. The highest BCUT2D eigenvalue weighted by molar-refractivity contribution is 5.76. The first-order valence-electron chi connectivity index (χ1n) is 10.8. The van der Waals surface area contributed by atoms with Gasteiger partial charge in [0.1, 0.15) is 19.8 Å². The van der Waals surface area contributed by atoms with Crippen LogP contribution >= 0.6 is 0 Å². The van der Waals surface area contributed by atoms with E-state index in [-0.39, 0.29) is 31.8 Å². The van der Waals surface area contributed by atoms with Gasteiger partial charge >= 0.3 is 18.0 Å². The summed E-state index contributed by atoms with van der Waals surface area (Å²) >= 11 is 0. The molecule has 178 valence electrons. The number of nitrogens with zero attached hydrogens (tertiary/aromatic N) is 2. The Balaban J connectivity index is 2.99. The third kappa shape index (κ3) is 9.29. The zero-order chi connectivity index (χ0) is 23.8. The lowest BCUT2D eigenvalue weighted by atomic mass is 9.97. The fourth-order valence-electron chi connectivity index (χ4n) is 2.79. The Labute approximate surface area is 186 Å². The molecule has 0 saturated heterocycles.